The van der Waals surface area contributed by atoms with E-state index in [0.29, 0.717) is 12.2 Å². The highest BCUT2D eigenvalue weighted by Crippen LogP contribution is 2.23. The summed E-state index contributed by atoms with van der Waals surface area (Å²) in [6, 6.07) is 12.1. The van der Waals surface area contributed by atoms with Crippen molar-refractivity contribution in [3.05, 3.63) is 58.1 Å². The molecule has 0 fully saturated rings. The van der Waals surface area contributed by atoms with E-state index in [1.807, 2.05) is 12.1 Å². The van der Waals surface area contributed by atoms with Crippen LogP contribution in [0.5, 0.6) is 5.75 Å². The largest absolute Gasteiger partial charge is 0.507 e. The zero-order chi connectivity index (χ0) is 14.7. The molecule has 0 bridgehead atoms. The highest BCUT2D eigenvalue weighted by atomic mass is 79.9. The number of aromatic hydroxyl groups is 1. The summed E-state index contributed by atoms with van der Waals surface area (Å²) in [4.78, 5) is 13.9. The van der Waals surface area contributed by atoms with Crippen LogP contribution in [0.2, 0.25) is 0 Å². The third-order valence-electron chi connectivity index (χ3n) is 2.94. The molecule has 2 rings (SSSR count). The maximum absolute atomic E-state index is 12.3. The number of phenols is 1. The van der Waals surface area contributed by atoms with Gasteiger partial charge in [0.05, 0.1) is 5.56 Å². The van der Waals surface area contributed by atoms with Crippen LogP contribution in [0.1, 0.15) is 15.9 Å². The van der Waals surface area contributed by atoms with Crippen molar-refractivity contribution >= 4 is 27.5 Å². The molecule has 3 N–H and O–H groups in total. The van der Waals surface area contributed by atoms with Crippen LogP contribution < -0.4 is 5.73 Å². The van der Waals surface area contributed by atoms with Gasteiger partial charge in [-0.15, -0.1) is 0 Å². The molecule has 0 aromatic heterocycles. The lowest BCUT2D eigenvalue weighted by Gasteiger charge is -2.18. The Kier molecular flexibility index (Phi) is 4.29. The summed E-state index contributed by atoms with van der Waals surface area (Å²) >= 11 is 3.29. The van der Waals surface area contributed by atoms with Crippen LogP contribution in [0.15, 0.2) is 46.9 Å². The molecule has 2 aromatic rings. The molecule has 0 unspecified atom stereocenters. The standard InChI is InChI=1S/C15H15BrN2O2/c1-18(9-10-2-5-12(17)6-3-10)15(20)13-8-11(16)4-7-14(13)19/h2-8,19H,9,17H2,1H3. The van der Waals surface area contributed by atoms with Gasteiger partial charge in [-0.3, -0.25) is 4.79 Å². The molecule has 5 heteroatoms. The highest BCUT2D eigenvalue weighted by Gasteiger charge is 2.16. The fourth-order valence-electron chi connectivity index (χ4n) is 1.85. The summed E-state index contributed by atoms with van der Waals surface area (Å²) < 4.78 is 0.750. The number of carbonyl (C=O) groups excluding carboxylic acids is 1. The van der Waals surface area contributed by atoms with E-state index in [-0.39, 0.29) is 17.2 Å². The number of nitrogens with two attached hydrogens (primary N) is 1. The second kappa shape index (κ2) is 5.96. The molecule has 0 atom stereocenters. The Balaban J connectivity index is 2.16. The number of amides is 1. The molecule has 0 radical (unpaired) electrons. The molecule has 1 amide bonds. The molecule has 0 spiro atoms. The van der Waals surface area contributed by atoms with E-state index in [0.717, 1.165) is 10.0 Å². The first-order valence-corrected chi connectivity index (χ1v) is 6.85. The lowest BCUT2D eigenvalue weighted by molar-refractivity contribution is 0.0782. The minimum absolute atomic E-state index is 0.0256. The number of nitrogen functional groups attached to an aromatic ring is 1. The molecule has 20 heavy (non-hydrogen) atoms. The maximum atomic E-state index is 12.3. The smallest absolute Gasteiger partial charge is 0.257 e. The number of hydrogen-bond donors (Lipinski definition) is 2. The Morgan fingerprint density at radius 1 is 1.25 bits per heavy atom. The topological polar surface area (TPSA) is 66.6 Å². The van der Waals surface area contributed by atoms with Gasteiger partial charge < -0.3 is 15.7 Å². The van der Waals surface area contributed by atoms with Gasteiger partial charge in [0, 0.05) is 23.8 Å². The van der Waals surface area contributed by atoms with Crippen molar-refractivity contribution in [3.63, 3.8) is 0 Å². The molecule has 0 aliphatic carbocycles. The van der Waals surface area contributed by atoms with E-state index < -0.39 is 0 Å². The van der Waals surface area contributed by atoms with Crippen molar-refractivity contribution < 1.29 is 9.90 Å². The van der Waals surface area contributed by atoms with Gasteiger partial charge in [-0.1, -0.05) is 28.1 Å². The monoisotopic (exact) mass is 334 g/mol. The van der Waals surface area contributed by atoms with Crippen molar-refractivity contribution in [3.8, 4) is 5.75 Å². The van der Waals surface area contributed by atoms with Crippen molar-refractivity contribution in [2.24, 2.45) is 0 Å². The number of rotatable bonds is 3. The Morgan fingerprint density at radius 2 is 1.90 bits per heavy atom. The number of benzene rings is 2. The van der Waals surface area contributed by atoms with E-state index in [9.17, 15) is 9.90 Å². The Labute approximate surface area is 126 Å². The number of halogens is 1. The zero-order valence-corrected chi connectivity index (χ0v) is 12.6. The molecular weight excluding hydrogens is 320 g/mol. The Hall–Kier alpha value is -2.01. The van der Waals surface area contributed by atoms with Crippen molar-refractivity contribution in [2.75, 3.05) is 12.8 Å². The minimum Gasteiger partial charge on any atom is -0.507 e. The molecule has 0 saturated heterocycles. The van der Waals surface area contributed by atoms with E-state index in [1.54, 1.807) is 36.2 Å². The molecule has 0 saturated carbocycles. The van der Waals surface area contributed by atoms with Crippen LogP contribution in [-0.4, -0.2) is 23.0 Å². The Bertz CT molecular complexity index is 626. The van der Waals surface area contributed by atoms with Gasteiger partial charge in [-0.05, 0) is 35.9 Å². The quantitative estimate of drug-likeness (QED) is 0.848. The van der Waals surface area contributed by atoms with Gasteiger partial charge in [-0.25, -0.2) is 0 Å². The van der Waals surface area contributed by atoms with E-state index >= 15 is 0 Å². The molecule has 2 aromatic carbocycles. The van der Waals surface area contributed by atoms with Crippen LogP contribution >= 0.6 is 15.9 Å². The summed E-state index contributed by atoms with van der Waals surface area (Å²) in [5.41, 5.74) is 7.57. The predicted octanol–water partition coefficient (Wildman–Crippen LogP) is 3.01. The lowest BCUT2D eigenvalue weighted by Crippen LogP contribution is -2.26. The lowest BCUT2D eigenvalue weighted by atomic mass is 10.1. The summed E-state index contributed by atoms with van der Waals surface area (Å²) in [6.45, 7) is 0.449. The summed E-state index contributed by atoms with van der Waals surface area (Å²) in [5.74, 6) is -0.261. The predicted molar refractivity (Wildman–Crippen MR) is 82.5 cm³/mol. The average Bonchev–Trinajstić information content (AvgIpc) is 2.43. The first-order chi connectivity index (χ1) is 9.47. The van der Waals surface area contributed by atoms with E-state index in [1.165, 1.54) is 6.07 Å². The van der Waals surface area contributed by atoms with Crippen LogP contribution in [0.25, 0.3) is 0 Å². The second-order valence-corrected chi connectivity index (χ2v) is 5.48. The Morgan fingerprint density at radius 3 is 2.55 bits per heavy atom. The second-order valence-electron chi connectivity index (χ2n) is 4.56. The van der Waals surface area contributed by atoms with Gasteiger partial charge >= 0.3 is 0 Å². The summed E-state index contributed by atoms with van der Waals surface area (Å²) in [7, 11) is 1.69. The zero-order valence-electron chi connectivity index (χ0n) is 11.0. The van der Waals surface area contributed by atoms with Gasteiger partial charge in [0.1, 0.15) is 5.75 Å². The number of hydrogen-bond acceptors (Lipinski definition) is 3. The molecular formula is C15H15BrN2O2. The van der Waals surface area contributed by atoms with Crippen LogP contribution in [0, 0.1) is 0 Å². The molecule has 0 aliphatic heterocycles. The molecule has 4 nitrogen and oxygen atoms in total. The van der Waals surface area contributed by atoms with Crippen LogP contribution in [0.4, 0.5) is 5.69 Å². The third kappa shape index (κ3) is 3.30. The van der Waals surface area contributed by atoms with Gasteiger partial charge in [0.25, 0.3) is 5.91 Å². The first-order valence-electron chi connectivity index (χ1n) is 6.06. The SMILES string of the molecule is CN(Cc1ccc(N)cc1)C(=O)c1cc(Br)ccc1O. The van der Waals surface area contributed by atoms with Gasteiger partial charge in [0.15, 0.2) is 0 Å². The van der Waals surface area contributed by atoms with Crippen LogP contribution in [0.3, 0.4) is 0 Å². The number of carbonyl (C=O) groups is 1. The fourth-order valence-corrected chi connectivity index (χ4v) is 2.21. The average molecular weight is 335 g/mol. The van der Waals surface area contributed by atoms with Crippen molar-refractivity contribution in [2.45, 2.75) is 6.54 Å². The normalized spacial score (nSPS) is 10.3. The molecule has 104 valence electrons. The first kappa shape index (κ1) is 14.4. The minimum atomic E-state index is -0.236. The van der Waals surface area contributed by atoms with E-state index in [2.05, 4.69) is 15.9 Å². The number of nitrogens with zero attached hydrogens (tertiary/aromatic N) is 1. The summed E-state index contributed by atoms with van der Waals surface area (Å²) in [6.07, 6.45) is 0. The number of anilines is 1. The fraction of sp³-hybridized carbons (Fsp3) is 0.133. The van der Waals surface area contributed by atoms with E-state index in [4.69, 9.17) is 5.73 Å². The van der Waals surface area contributed by atoms with Gasteiger partial charge in [-0.2, -0.15) is 0 Å². The number of phenolic OH excluding ortho intramolecular Hbond substituents is 1. The van der Waals surface area contributed by atoms with Crippen molar-refractivity contribution in [1.29, 1.82) is 0 Å². The summed E-state index contributed by atoms with van der Waals surface area (Å²) in [5, 5.41) is 9.77. The van der Waals surface area contributed by atoms with Gasteiger partial charge in [0.2, 0.25) is 0 Å². The molecule has 0 heterocycles. The third-order valence-corrected chi connectivity index (χ3v) is 3.43. The maximum Gasteiger partial charge on any atom is 0.257 e. The van der Waals surface area contributed by atoms with Crippen molar-refractivity contribution in [1.82, 2.24) is 4.90 Å². The van der Waals surface area contributed by atoms with Crippen LogP contribution in [-0.2, 0) is 6.54 Å². The highest BCUT2D eigenvalue weighted by molar-refractivity contribution is 9.10. The molecule has 0 aliphatic rings.